The van der Waals surface area contributed by atoms with Crippen LogP contribution in [-0.4, -0.2) is 54.4 Å². The van der Waals surface area contributed by atoms with E-state index in [9.17, 15) is 9.59 Å². The third-order valence-electron chi connectivity index (χ3n) is 5.90. The summed E-state index contributed by atoms with van der Waals surface area (Å²) in [5.41, 5.74) is 1.26. The zero-order valence-corrected chi connectivity index (χ0v) is 18.9. The van der Waals surface area contributed by atoms with Crippen molar-refractivity contribution in [3.8, 4) is 17.2 Å². The minimum Gasteiger partial charge on any atom is -0.497 e. The van der Waals surface area contributed by atoms with E-state index in [4.69, 9.17) is 9.47 Å². The Kier molecular flexibility index (Phi) is 7.04. The Bertz CT molecular complexity index is 1140. The molecule has 172 valence electrons. The molecule has 0 radical (unpaired) electrons. The molecule has 8 heteroatoms. The molecule has 2 heterocycles. The van der Waals surface area contributed by atoms with E-state index >= 15 is 0 Å². The van der Waals surface area contributed by atoms with E-state index in [0.29, 0.717) is 12.3 Å². The van der Waals surface area contributed by atoms with Crippen molar-refractivity contribution in [3.63, 3.8) is 0 Å². The Labute approximate surface area is 192 Å². The topological polar surface area (TPSA) is 85.7 Å². The lowest BCUT2D eigenvalue weighted by atomic mass is 10.1. The van der Waals surface area contributed by atoms with Crippen molar-refractivity contribution in [3.05, 3.63) is 82.3 Å². The van der Waals surface area contributed by atoms with Crippen molar-refractivity contribution in [1.29, 1.82) is 0 Å². The average molecular weight is 449 g/mol. The lowest BCUT2D eigenvalue weighted by Crippen LogP contribution is -2.39. The fraction of sp³-hybridized carbons (Fsp3) is 0.320. The van der Waals surface area contributed by atoms with Gasteiger partial charge in [0.25, 0.3) is 5.91 Å². The number of amides is 1. The molecule has 1 aliphatic rings. The molecule has 0 aliphatic carbocycles. The van der Waals surface area contributed by atoms with Gasteiger partial charge in [0.2, 0.25) is 5.43 Å². The summed E-state index contributed by atoms with van der Waals surface area (Å²) in [5.74, 6) is 1.01. The van der Waals surface area contributed by atoms with E-state index < -0.39 is 11.3 Å². The van der Waals surface area contributed by atoms with Crippen molar-refractivity contribution in [2.45, 2.75) is 18.9 Å². The maximum atomic E-state index is 13.0. The Morgan fingerprint density at radius 2 is 1.58 bits per heavy atom. The normalized spacial score (nSPS) is 14.6. The predicted octanol–water partition coefficient (Wildman–Crippen LogP) is 2.82. The van der Waals surface area contributed by atoms with Crippen molar-refractivity contribution in [2.75, 3.05) is 33.9 Å². The molecule has 3 aromatic rings. The first kappa shape index (κ1) is 22.5. The second kappa shape index (κ2) is 10.3. The summed E-state index contributed by atoms with van der Waals surface area (Å²) in [6.45, 7) is 2.32. The van der Waals surface area contributed by atoms with Crippen molar-refractivity contribution in [2.24, 2.45) is 0 Å². The fourth-order valence-corrected chi connectivity index (χ4v) is 4.05. The zero-order valence-electron chi connectivity index (χ0n) is 18.9. The van der Waals surface area contributed by atoms with Crippen LogP contribution in [0, 0.1) is 0 Å². The zero-order chi connectivity index (χ0) is 23.2. The van der Waals surface area contributed by atoms with E-state index in [2.05, 4.69) is 15.3 Å². The van der Waals surface area contributed by atoms with Crippen LogP contribution in [0.1, 0.15) is 34.9 Å². The molecule has 1 fully saturated rings. The maximum absolute atomic E-state index is 13.0. The third-order valence-corrected chi connectivity index (χ3v) is 5.90. The lowest BCUT2D eigenvalue weighted by Gasteiger charge is -2.28. The molecule has 1 amide bonds. The second-order valence-corrected chi connectivity index (χ2v) is 7.91. The van der Waals surface area contributed by atoms with Gasteiger partial charge in [-0.1, -0.05) is 12.1 Å². The molecular weight excluding hydrogens is 420 g/mol. The molecule has 1 unspecified atom stereocenters. The van der Waals surface area contributed by atoms with Gasteiger partial charge in [0, 0.05) is 18.8 Å². The van der Waals surface area contributed by atoms with Gasteiger partial charge in [-0.15, -0.1) is 0 Å². The minimum atomic E-state index is -0.486. The molecular formula is C25H28N4O4. The van der Waals surface area contributed by atoms with Crippen LogP contribution >= 0.6 is 0 Å². The van der Waals surface area contributed by atoms with E-state index in [1.165, 1.54) is 10.7 Å². The smallest absolute Gasteiger partial charge is 0.275 e. The molecule has 1 aromatic heterocycles. The number of aromatic nitrogens is 2. The van der Waals surface area contributed by atoms with Crippen LogP contribution < -0.4 is 20.2 Å². The van der Waals surface area contributed by atoms with Gasteiger partial charge in [0.15, 0.2) is 5.69 Å². The van der Waals surface area contributed by atoms with E-state index in [0.717, 1.165) is 42.9 Å². The molecule has 8 nitrogen and oxygen atoms in total. The summed E-state index contributed by atoms with van der Waals surface area (Å²) in [4.78, 5) is 27.7. The molecule has 0 bridgehead atoms. The summed E-state index contributed by atoms with van der Waals surface area (Å²) in [6, 6.07) is 16.5. The summed E-state index contributed by atoms with van der Waals surface area (Å²) >= 11 is 0. The molecule has 0 saturated carbocycles. The van der Waals surface area contributed by atoms with Crippen LogP contribution in [0.25, 0.3) is 5.69 Å². The molecule has 1 aliphatic heterocycles. The van der Waals surface area contributed by atoms with Gasteiger partial charge < -0.3 is 14.8 Å². The quantitative estimate of drug-likeness (QED) is 0.570. The number of nitrogens with one attached hydrogen (secondary N) is 1. The number of hydrogen-bond donors (Lipinski definition) is 1. The van der Waals surface area contributed by atoms with Crippen molar-refractivity contribution >= 4 is 5.91 Å². The highest BCUT2D eigenvalue weighted by Crippen LogP contribution is 2.26. The maximum Gasteiger partial charge on any atom is 0.275 e. The van der Waals surface area contributed by atoms with Crippen LogP contribution in [0.3, 0.4) is 0 Å². The number of nitrogens with zero attached hydrogens (tertiary/aromatic N) is 3. The van der Waals surface area contributed by atoms with E-state index in [1.54, 1.807) is 32.5 Å². The number of carbonyl (C=O) groups excluding carboxylic acids is 1. The summed E-state index contributed by atoms with van der Waals surface area (Å²) in [6.07, 6.45) is 3.81. The summed E-state index contributed by atoms with van der Waals surface area (Å²) < 4.78 is 12.0. The van der Waals surface area contributed by atoms with Crippen LogP contribution in [0.5, 0.6) is 11.5 Å². The van der Waals surface area contributed by atoms with Crippen LogP contribution in [0.2, 0.25) is 0 Å². The first-order valence-corrected chi connectivity index (χ1v) is 11.0. The number of carbonyl (C=O) groups is 1. The Hall–Kier alpha value is -3.65. The largest absolute Gasteiger partial charge is 0.497 e. The second-order valence-electron chi connectivity index (χ2n) is 7.91. The van der Waals surface area contributed by atoms with Gasteiger partial charge in [-0.3, -0.25) is 14.5 Å². The van der Waals surface area contributed by atoms with Crippen molar-refractivity contribution in [1.82, 2.24) is 20.0 Å². The van der Waals surface area contributed by atoms with Gasteiger partial charge in [-0.05, 0) is 67.9 Å². The molecule has 1 saturated heterocycles. The molecule has 0 spiro atoms. The monoisotopic (exact) mass is 448 g/mol. The minimum absolute atomic E-state index is 0.00915. The molecule has 33 heavy (non-hydrogen) atoms. The van der Waals surface area contributed by atoms with Crippen LogP contribution in [-0.2, 0) is 0 Å². The first-order valence-electron chi connectivity index (χ1n) is 11.0. The third kappa shape index (κ3) is 5.23. The molecule has 1 N–H and O–H groups in total. The Balaban J connectivity index is 1.52. The van der Waals surface area contributed by atoms with Crippen LogP contribution in [0.15, 0.2) is 65.6 Å². The standard InChI is InChI=1S/C25H28N4O4/c1-32-20-9-5-18(6-10-20)22(28-14-3-4-15-28)17-26-25(31)24-23(30)13-16-29(27-24)19-7-11-21(33-2)12-8-19/h5-13,16,22H,3-4,14-15,17H2,1-2H3,(H,26,31). The summed E-state index contributed by atoms with van der Waals surface area (Å²) in [7, 11) is 3.23. The van der Waals surface area contributed by atoms with Crippen molar-refractivity contribution < 1.29 is 14.3 Å². The Morgan fingerprint density at radius 3 is 2.18 bits per heavy atom. The van der Waals surface area contributed by atoms with Gasteiger partial charge >= 0.3 is 0 Å². The summed E-state index contributed by atoms with van der Waals surface area (Å²) in [5, 5.41) is 7.22. The van der Waals surface area contributed by atoms with Gasteiger partial charge in [0.1, 0.15) is 11.5 Å². The molecule has 2 aromatic carbocycles. The van der Waals surface area contributed by atoms with Gasteiger partial charge in [0.05, 0.1) is 25.9 Å². The van der Waals surface area contributed by atoms with E-state index in [-0.39, 0.29) is 11.7 Å². The highest BCUT2D eigenvalue weighted by atomic mass is 16.5. The van der Waals surface area contributed by atoms with E-state index in [1.807, 2.05) is 36.4 Å². The first-order chi connectivity index (χ1) is 16.1. The fourth-order valence-electron chi connectivity index (χ4n) is 4.05. The SMILES string of the molecule is COc1ccc(C(CNC(=O)c2nn(-c3ccc(OC)cc3)ccc2=O)N2CCCC2)cc1. The Morgan fingerprint density at radius 1 is 0.970 bits per heavy atom. The van der Waals surface area contributed by atoms with Gasteiger partial charge in [-0.2, -0.15) is 5.10 Å². The number of likely N-dealkylation sites (tertiary alicyclic amines) is 1. The molecule has 4 rings (SSSR count). The number of benzene rings is 2. The predicted molar refractivity (Wildman–Crippen MR) is 125 cm³/mol. The van der Waals surface area contributed by atoms with Gasteiger partial charge in [-0.25, -0.2) is 4.68 Å². The highest BCUT2D eigenvalue weighted by molar-refractivity contribution is 5.92. The number of rotatable bonds is 8. The number of hydrogen-bond acceptors (Lipinski definition) is 6. The number of ether oxygens (including phenoxy) is 2. The number of methoxy groups -OCH3 is 2. The van der Waals surface area contributed by atoms with Crippen LogP contribution in [0.4, 0.5) is 0 Å². The highest BCUT2D eigenvalue weighted by Gasteiger charge is 2.25. The average Bonchev–Trinajstić information content (AvgIpc) is 3.39. The lowest BCUT2D eigenvalue weighted by molar-refractivity contribution is 0.0930. The molecule has 1 atom stereocenters.